The molecule has 15 heavy (non-hydrogen) atoms. The molecule has 0 heteroatoms. The van der Waals surface area contributed by atoms with Crippen LogP contribution in [0.2, 0.25) is 0 Å². The van der Waals surface area contributed by atoms with Gasteiger partial charge in [0.15, 0.2) is 0 Å². The molecular formula is C15H14. The molecule has 4 rings (SSSR count). The fraction of sp³-hybridized carbons (Fsp3) is 0.333. The molecular weight excluding hydrogens is 180 g/mol. The Hall–Kier alpha value is -1.30. The highest BCUT2D eigenvalue weighted by atomic mass is 14.5. The van der Waals surface area contributed by atoms with Gasteiger partial charge in [-0.1, -0.05) is 48.6 Å². The van der Waals surface area contributed by atoms with Crippen molar-refractivity contribution in [3.05, 3.63) is 59.7 Å². The summed E-state index contributed by atoms with van der Waals surface area (Å²) in [6.07, 6.45) is 10.7. The fourth-order valence-corrected chi connectivity index (χ4v) is 3.89. The van der Waals surface area contributed by atoms with E-state index >= 15 is 0 Å². The van der Waals surface area contributed by atoms with Crippen molar-refractivity contribution in [2.24, 2.45) is 11.8 Å². The third kappa shape index (κ3) is 0.878. The second kappa shape index (κ2) is 2.63. The van der Waals surface area contributed by atoms with E-state index in [0.29, 0.717) is 0 Å². The molecule has 0 radical (unpaired) electrons. The first-order valence-corrected chi connectivity index (χ1v) is 5.89. The lowest BCUT2D eigenvalue weighted by atomic mass is 9.74. The Morgan fingerprint density at radius 3 is 1.87 bits per heavy atom. The Morgan fingerprint density at radius 1 is 0.800 bits per heavy atom. The Labute approximate surface area is 90.3 Å². The third-order valence-corrected chi connectivity index (χ3v) is 4.45. The van der Waals surface area contributed by atoms with Crippen LogP contribution in [0.1, 0.15) is 29.4 Å². The number of rotatable bonds is 0. The van der Waals surface area contributed by atoms with Crippen molar-refractivity contribution < 1.29 is 0 Å². The Morgan fingerprint density at radius 2 is 1.33 bits per heavy atom. The summed E-state index contributed by atoms with van der Waals surface area (Å²) in [5.74, 6) is 3.18. The van der Waals surface area contributed by atoms with Gasteiger partial charge in [0.25, 0.3) is 0 Å². The summed E-state index contributed by atoms with van der Waals surface area (Å²) < 4.78 is 0. The molecule has 1 fully saturated rings. The molecule has 0 saturated heterocycles. The van der Waals surface area contributed by atoms with E-state index in [4.69, 9.17) is 0 Å². The van der Waals surface area contributed by atoms with Gasteiger partial charge in [-0.2, -0.15) is 0 Å². The number of fused-ring (bicyclic) bond motifs is 8. The molecule has 3 aliphatic rings. The number of benzene rings is 1. The van der Waals surface area contributed by atoms with Crippen molar-refractivity contribution in [2.45, 2.75) is 18.3 Å². The Bertz CT molecular complexity index is 424. The predicted molar refractivity (Wildman–Crippen MR) is 61.8 cm³/mol. The minimum absolute atomic E-state index is 0.787. The summed E-state index contributed by atoms with van der Waals surface area (Å²) in [7, 11) is 0. The first-order valence-electron chi connectivity index (χ1n) is 5.89. The zero-order valence-electron chi connectivity index (χ0n) is 8.64. The largest absolute Gasteiger partial charge is 0.0802 e. The second-order valence-corrected chi connectivity index (χ2v) is 5.00. The van der Waals surface area contributed by atoms with E-state index in [1.54, 1.807) is 11.1 Å². The monoisotopic (exact) mass is 194 g/mol. The van der Waals surface area contributed by atoms with Crippen molar-refractivity contribution >= 4 is 0 Å². The normalized spacial score (nSPS) is 39.2. The van der Waals surface area contributed by atoms with E-state index in [9.17, 15) is 0 Å². The molecule has 1 aromatic carbocycles. The van der Waals surface area contributed by atoms with Gasteiger partial charge in [0.1, 0.15) is 0 Å². The van der Waals surface area contributed by atoms with Gasteiger partial charge in [-0.3, -0.25) is 0 Å². The second-order valence-electron chi connectivity index (χ2n) is 5.00. The SMILES string of the molecule is C1=C[C@@H]2[C@H](C=C1)[C@@H]1C[C@H]2c2ccccc21. The van der Waals surface area contributed by atoms with Crippen LogP contribution in [-0.4, -0.2) is 0 Å². The van der Waals surface area contributed by atoms with Crippen LogP contribution in [0.4, 0.5) is 0 Å². The highest BCUT2D eigenvalue weighted by Gasteiger charge is 2.48. The topological polar surface area (TPSA) is 0 Å². The van der Waals surface area contributed by atoms with E-state index in [1.165, 1.54) is 6.42 Å². The molecule has 4 atom stereocenters. The van der Waals surface area contributed by atoms with Crippen LogP contribution in [0.25, 0.3) is 0 Å². The molecule has 0 unspecified atom stereocenters. The lowest BCUT2D eigenvalue weighted by Gasteiger charge is -2.30. The molecule has 1 saturated carbocycles. The number of allylic oxidation sites excluding steroid dienone is 4. The van der Waals surface area contributed by atoms with Gasteiger partial charge in [0.2, 0.25) is 0 Å². The molecule has 74 valence electrons. The van der Waals surface area contributed by atoms with Crippen molar-refractivity contribution in [1.82, 2.24) is 0 Å². The van der Waals surface area contributed by atoms with Gasteiger partial charge < -0.3 is 0 Å². The highest BCUT2D eigenvalue weighted by molar-refractivity contribution is 5.46. The third-order valence-electron chi connectivity index (χ3n) is 4.45. The maximum atomic E-state index is 2.42. The summed E-state index contributed by atoms with van der Waals surface area (Å²) in [4.78, 5) is 0. The molecule has 0 N–H and O–H groups in total. The van der Waals surface area contributed by atoms with Crippen molar-refractivity contribution in [2.75, 3.05) is 0 Å². The molecule has 1 aromatic rings. The van der Waals surface area contributed by atoms with Crippen LogP contribution >= 0.6 is 0 Å². The molecule has 3 aliphatic carbocycles. The van der Waals surface area contributed by atoms with Crippen molar-refractivity contribution in [3.8, 4) is 0 Å². The minimum atomic E-state index is 0.787. The van der Waals surface area contributed by atoms with E-state index in [0.717, 1.165) is 23.7 Å². The lowest BCUT2D eigenvalue weighted by molar-refractivity contribution is 0.460. The minimum Gasteiger partial charge on any atom is -0.0802 e. The summed E-state index contributed by atoms with van der Waals surface area (Å²) in [5.41, 5.74) is 3.26. The zero-order chi connectivity index (χ0) is 9.83. The maximum absolute atomic E-state index is 2.42. The van der Waals surface area contributed by atoms with E-state index in [2.05, 4.69) is 48.6 Å². The Kier molecular flexibility index (Phi) is 1.39. The van der Waals surface area contributed by atoms with Crippen molar-refractivity contribution in [1.29, 1.82) is 0 Å². The highest BCUT2D eigenvalue weighted by Crippen LogP contribution is 2.60. The molecule has 0 heterocycles. The van der Waals surface area contributed by atoms with Gasteiger partial charge in [0, 0.05) is 0 Å². The van der Waals surface area contributed by atoms with E-state index in [-0.39, 0.29) is 0 Å². The van der Waals surface area contributed by atoms with Crippen LogP contribution in [0.5, 0.6) is 0 Å². The maximum Gasteiger partial charge on any atom is -0.00842 e. The smallest absolute Gasteiger partial charge is 0.00842 e. The summed E-state index contributed by atoms with van der Waals surface area (Å²) in [5, 5.41) is 0. The lowest BCUT2D eigenvalue weighted by Crippen LogP contribution is -2.19. The summed E-state index contributed by atoms with van der Waals surface area (Å²) in [6.45, 7) is 0. The molecule has 0 nitrogen and oxygen atoms in total. The molecule has 0 aliphatic heterocycles. The van der Waals surface area contributed by atoms with Gasteiger partial charge in [-0.15, -0.1) is 0 Å². The van der Waals surface area contributed by atoms with Crippen molar-refractivity contribution in [3.63, 3.8) is 0 Å². The average Bonchev–Trinajstić information content (AvgIpc) is 2.86. The number of hydrogen-bond donors (Lipinski definition) is 0. The first kappa shape index (κ1) is 7.92. The average molecular weight is 194 g/mol. The van der Waals surface area contributed by atoms with Crippen LogP contribution < -0.4 is 0 Å². The molecule has 0 amide bonds. The van der Waals surface area contributed by atoms with Crippen LogP contribution in [-0.2, 0) is 0 Å². The molecule has 0 spiro atoms. The number of hydrogen-bond acceptors (Lipinski definition) is 0. The zero-order valence-corrected chi connectivity index (χ0v) is 8.64. The summed E-state index contributed by atoms with van der Waals surface area (Å²) in [6, 6.07) is 9.05. The van der Waals surface area contributed by atoms with E-state index < -0.39 is 0 Å². The standard InChI is InChI=1S/C15H14/c1-2-6-11-10(5-1)14-9-15(11)13-8-4-3-7-12(13)14/h1-8,10-11,14-15H,9H2/t10-,11+,14-,15+. The van der Waals surface area contributed by atoms with Crippen LogP contribution in [0.3, 0.4) is 0 Å². The first-order chi connectivity index (χ1) is 7.45. The summed E-state index contributed by atoms with van der Waals surface area (Å²) >= 11 is 0. The Balaban J connectivity index is 1.91. The van der Waals surface area contributed by atoms with Gasteiger partial charge in [-0.25, -0.2) is 0 Å². The van der Waals surface area contributed by atoms with Gasteiger partial charge in [0.05, 0.1) is 0 Å². The fourth-order valence-electron chi connectivity index (χ4n) is 3.89. The molecule has 0 aromatic heterocycles. The van der Waals surface area contributed by atoms with Crippen LogP contribution in [0.15, 0.2) is 48.6 Å². The molecule has 2 bridgehead atoms. The van der Waals surface area contributed by atoms with E-state index in [1.807, 2.05) is 0 Å². The van der Waals surface area contributed by atoms with Gasteiger partial charge in [-0.05, 0) is 41.2 Å². The van der Waals surface area contributed by atoms with Gasteiger partial charge >= 0.3 is 0 Å². The van der Waals surface area contributed by atoms with Crippen LogP contribution in [0, 0.1) is 11.8 Å². The quantitative estimate of drug-likeness (QED) is 0.591. The predicted octanol–water partition coefficient (Wildman–Crippen LogP) is 3.63.